The third-order valence-corrected chi connectivity index (χ3v) is 3.46. The summed E-state index contributed by atoms with van der Waals surface area (Å²) < 4.78 is 19.8. The van der Waals surface area contributed by atoms with E-state index < -0.39 is 0 Å². The normalized spacial score (nSPS) is 10.7. The number of hydrogen-bond donors (Lipinski definition) is 1. The van der Waals surface area contributed by atoms with Gasteiger partial charge >= 0.3 is 0 Å². The molecular formula is C15H10BrFN2O. The van der Waals surface area contributed by atoms with Gasteiger partial charge in [0.2, 0.25) is 5.88 Å². The van der Waals surface area contributed by atoms with Gasteiger partial charge in [0.1, 0.15) is 11.5 Å². The molecule has 0 fully saturated rings. The van der Waals surface area contributed by atoms with Gasteiger partial charge in [-0.3, -0.25) is 0 Å². The van der Waals surface area contributed by atoms with E-state index in [4.69, 9.17) is 10.3 Å². The van der Waals surface area contributed by atoms with E-state index >= 15 is 0 Å². The second kappa shape index (κ2) is 5.09. The summed E-state index contributed by atoms with van der Waals surface area (Å²) in [6.07, 6.45) is 0. The lowest BCUT2D eigenvalue weighted by atomic mass is 10.0. The maximum absolute atomic E-state index is 14.1. The van der Waals surface area contributed by atoms with Crippen LogP contribution in [0.3, 0.4) is 0 Å². The van der Waals surface area contributed by atoms with Crippen molar-refractivity contribution in [1.82, 2.24) is 5.16 Å². The van der Waals surface area contributed by atoms with Crippen LogP contribution in [0.15, 0.2) is 57.5 Å². The van der Waals surface area contributed by atoms with Crippen molar-refractivity contribution in [3.05, 3.63) is 58.8 Å². The van der Waals surface area contributed by atoms with Crippen molar-refractivity contribution in [2.24, 2.45) is 0 Å². The molecule has 2 N–H and O–H groups in total. The van der Waals surface area contributed by atoms with Crippen LogP contribution in [0.25, 0.3) is 22.4 Å². The van der Waals surface area contributed by atoms with Gasteiger partial charge < -0.3 is 10.3 Å². The highest BCUT2D eigenvalue weighted by Gasteiger charge is 2.19. The van der Waals surface area contributed by atoms with Crippen LogP contribution in [0.4, 0.5) is 10.3 Å². The molecule has 20 heavy (non-hydrogen) atoms. The minimum Gasteiger partial charge on any atom is -0.367 e. The molecule has 0 radical (unpaired) electrons. The number of aromatic nitrogens is 1. The van der Waals surface area contributed by atoms with E-state index in [1.807, 2.05) is 30.3 Å². The summed E-state index contributed by atoms with van der Waals surface area (Å²) in [5, 5.41) is 3.90. The van der Waals surface area contributed by atoms with Crippen LogP contribution in [0.1, 0.15) is 0 Å². The first-order valence-electron chi connectivity index (χ1n) is 5.93. The molecule has 0 aliphatic carbocycles. The number of halogens is 2. The zero-order chi connectivity index (χ0) is 14.1. The topological polar surface area (TPSA) is 52.0 Å². The number of anilines is 1. The van der Waals surface area contributed by atoms with Crippen molar-refractivity contribution in [3.63, 3.8) is 0 Å². The summed E-state index contributed by atoms with van der Waals surface area (Å²) >= 11 is 3.23. The smallest absolute Gasteiger partial charge is 0.230 e. The molecule has 2 aromatic carbocycles. The van der Waals surface area contributed by atoms with Crippen molar-refractivity contribution >= 4 is 21.8 Å². The zero-order valence-corrected chi connectivity index (χ0v) is 11.9. The number of rotatable bonds is 2. The second-order valence-corrected chi connectivity index (χ2v) is 5.18. The maximum Gasteiger partial charge on any atom is 0.230 e. The van der Waals surface area contributed by atoms with Crippen LogP contribution in [-0.4, -0.2) is 5.16 Å². The lowest BCUT2D eigenvalue weighted by molar-refractivity contribution is 0.439. The lowest BCUT2D eigenvalue weighted by Gasteiger charge is -2.04. The molecule has 0 amide bonds. The molecule has 100 valence electrons. The predicted molar refractivity (Wildman–Crippen MR) is 79.4 cm³/mol. The molecule has 0 aliphatic rings. The molecule has 3 rings (SSSR count). The Morgan fingerprint density at radius 2 is 1.85 bits per heavy atom. The average Bonchev–Trinajstić information content (AvgIpc) is 2.81. The Bertz CT molecular complexity index is 756. The van der Waals surface area contributed by atoms with Crippen LogP contribution in [-0.2, 0) is 0 Å². The van der Waals surface area contributed by atoms with Gasteiger partial charge in [-0.15, -0.1) is 0 Å². The fourth-order valence-corrected chi connectivity index (χ4v) is 2.39. The number of hydrogen-bond acceptors (Lipinski definition) is 3. The van der Waals surface area contributed by atoms with E-state index in [0.717, 1.165) is 5.56 Å². The van der Waals surface area contributed by atoms with Gasteiger partial charge in [-0.05, 0) is 23.8 Å². The third kappa shape index (κ3) is 2.20. The Kier molecular flexibility index (Phi) is 3.28. The molecule has 1 heterocycles. The summed E-state index contributed by atoms with van der Waals surface area (Å²) in [4.78, 5) is 0. The van der Waals surface area contributed by atoms with Crippen molar-refractivity contribution in [2.75, 3.05) is 5.73 Å². The standard InChI is InChI=1S/C15H10BrFN2O/c16-10-6-7-11(12(17)8-10)14-13(15(18)20-19-14)9-4-2-1-3-5-9/h1-8H,18H2. The van der Waals surface area contributed by atoms with Crippen LogP contribution in [0.2, 0.25) is 0 Å². The Hall–Kier alpha value is -2.14. The minimum absolute atomic E-state index is 0.175. The largest absolute Gasteiger partial charge is 0.367 e. The molecule has 0 atom stereocenters. The van der Waals surface area contributed by atoms with E-state index in [2.05, 4.69) is 21.1 Å². The molecule has 3 nitrogen and oxygen atoms in total. The molecule has 1 aromatic heterocycles. The first-order chi connectivity index (χ1) is 9.66. The SMILES string of the molecule is Nc1onc(-c2ccc(Br)cc2F)c1-c1ccccc1. The van der Waals surface area contributed by atoms with Crippen molar-refractivity contribution in [3.8, 4) is 22.4 Å². The highest BCUT2D eigenvalue weighted by molar-refractivity contribution is 9.10. The summed E-state index contributed by atoms with van der Waals surface area (Å²) in [6.45, 7) is 0. The van der Waals surface area contributed by atoms with E-state index in [1.54, 1.807) is 12.1 Å². The van der Waals surface area contributed by atoms with Gasteiger partial charge in [-0.25, -0.2) is 4.39 Å². The van der Waals surface area contributed by atoms with E-state index in [-0.39, 0.29) is 11.7 Å². The Morgan fingerprint density at radius 3 is 2.55 bits per heavy atom. The molecule has 0 saturated heterocycles. The fourth-order valence-electron chi connectivity index (χ4n) is 2.05. The number of nitrogens with two attached hydrogens (primary N) is 1. The molecule has 0 unspecified atom stereocenters. The monoisotopic (exact) mass is 332 g/mol. The summed E-state index contributed by atoms with van der Waals surface area (Å²) in [6, 6.07) is 14.2. The van der Waals surface area contributed by atoms with Gasteiger partial charge in [0.15, 0.2) is 0 Å². The molecule has 5 heteroatoms. The quantitative estimate of drug-likeness (QED) is 0.752. The highest BCUT2D eigenvalue weighted by Crippen LogP contribution is 2.37. The third-order valence-electron chi connectivity index (χ3n) is 2.97. The first kappa shape index (κ1) is 12.9. The summed E-state index contributed by atoms with van der Waals surface area (Å²) in [7, 11) is 0. The van der Waals surface area contributed by atoms with E-state index in [1.165, 1.54) is 6.07 Å². The Labute approximate surface area is 123 Å². The van der Waals surface area contributed by atoms with E-state index in [9.17, 15) is 4.39 Å². The van der Waals surface area contributed by atoms with Gasteiger partial charge in [0.25, 0.3) is 0 Å². The molecular weight excluding hydrogens is 323 g/mol. The van der Waals surface area contributed by atoms with Crippen molar-refractivity contribution < 1.29 is 8.91 Å². The summed E-state index contributed by atoms with van der Waals surface area (Å²) in [5.74, 6) is -0.210. The molecule has 0 bridgehead atoms. The van der Waals surface area contributed by atoms with E-state index in [0.29, 0.717) is 21.3 Å². The molecule has 0 aliphatic heterocycles. The van der Waals surface area contributed by atoms with Crippen LogP contribution < -0.4 is 5.73 Å². The van der Waals surface area contributed by atoms with Gasteiger partial charge in [0, 0.05) is 10.0 Å². The predicted octanol–water partition coefficient (Wildman–Crippen LogP) is 4.49. The Balaban J connectivity index is 2.21. The van der Waals surface area contributed by atoms with Crippen LogP contribution >= 0.6 is 15.9 Å². The fraction of sp³-hybridized carbons (Fsp3) is 0. The van der Waals surface area contributed by atoms with Crippen LogP contribution in [0, 0.1) is 5.82 Å². The lowest BCUT2D eigenvalue weighted by Crippen LogP contribution is -1.90. The molecule has 3 aromatic rings. The van der Waals surface area contributed by atoms with Gasteiger partial charge in [-0.2, -0.15) is 0 Å². The number of benzene rings is 2. The first-order valence-corrected chi connectivity index (χ1v) is 6.72. The highest BCUT2D eigenvalue weighted by atomic mass is 79.9. The number of nitrogens with zero attached hydrogens (tertiary/aromatic N) is 1. The minimum atomic E-state index is -0.384. The summed E-state index contributed by atoms with van der Waals surface area (Å²) in [5.41, 5.74) is 8.03. The zero-order valence-electron chi connectivity index (χ0n) is 10.3. The van der Waals surface area contributed by atoms with Crippen LogP contribution in [0.5, 0.6) is 0 Å². The molecule has 0 spiro atoms. The number of nitrogen functional groups attached to an aromatic ring is 1. The van der Waals surface area contributed by atoms with Crippen molar-refractivity contribution in [2.45, 2.75) is 0 Å². The van der Waals surface area contributed by atoms with Gasteiger partial charge in [-0.1, -0.05) is 51.4 Å². The molecule has 0 saturated carbocycles. The second-order valence-electron chi connectivity index (χ2n) is 4.26. The van der Waals surface area contributed by atoms with Crippen molar-refractivity contribution in [1.29, 1.82) is 0 Å². The Morgan fingerprint density at radius 1 is 1.10 bits per heavy atom. The maximum atomic E-state index is 14.1. The average molecular weight is 333 g/mol. The van der Waals surface area contributed by atoms with Gasteiger partial charge in [0.05, 0.1) is 5.56 Å².